The van der Waals surface area contributed by atoms with Crippen LogP contribution in [0.15, 0.2) is 24.3 Å². The van der Waals surface area contributed by atoms with Gasteiger partial charge in [-0.1, -0.05) is 19.1 Å². The predicted molar refractivity (Wildman–Crippen MR) is 91.8 cm³/mol. The Morgan fingerprint density at radius 1 is 1.48 bits per heavy atom. The van der Waals surface area contributed by atoms with Crippen molar-refractivity contribution in [3.8, 4) is 0 Å². The number of nitrogens with one attached hydrogen (secondary N) is 1. The van der Waals surface area contributed by atoms with Crippen molar-refractivity contribution in [3.05, 3.63) is 34.4 Å². The van der Waals surface area contributed by atoms with Gasteiger partial charge in [-0.25, -0.2) is 0 Å². The molecular weight excluding hydrogens is 320 g/mol. The van der Waals surface area contributed by atoms with Crippen LogP contribution in [0.2, 0.25) is 0 Å². The molecule has 128 valence electrons. The molecule has 0 spiro atoms. The van der Waals surface area contributed by atoms with Gasteiger partial charge in [0.2, 0.25) is 5.91 Å². The monoisotopic (exact) mass is 342 g/mol. The first-order valence-electron chi connectivity index (χ1n) is 7.40. The fraction of sp³-hybridized carbons (Fsp3) is 0.533. The highest BCUT2D eigenvalue weighted by atomic mass is 35.5. The van der Waals surface area contributed by atoms with E-state index < -0.39 is 4.92 Å². The summed E-state index contributed by atoms with van der Waals surface area (Å²) in [4.78, 5) is 24.5. The molecule has 1 amide bonds. The zero-order valence-electron chi connectivity index (χ0n) is 13.2. The average Bonchev–Trinajstić information content (AvgIpc) is 2.91. The maximum Gasteiger partial charge on any atom is 0.292 e. The number of hydrogen-bond donors (Lipinski definition) is 2. The third-order valence-electron chi connectivity index (χ3n) is 4.16. The number of anilines is 1. The van der Waals surface area contributed by atoms with E-state index in [1.807, 2.05) is 4.90 Å². The van der Waals surface area contributed by atoms with Gasteiger partial charge in [-0.15, -0.1) is 12.4 Å². The van der Waals surface area contributed by atoms with Gasteiger partial charge in [-0.2, -0.15) is 0 Å². The molecule has 0 saturated carbocycles. The second-order valence-electron chi connectivity index (χ2n) is 6.03. The molecular formula is C15H23ClN4O3. The third kappa shape index (κ3) is 4.80. The maximum absolute atomic E-state index is 12.2. The molecule has 0 aliphatic carbocycles. The summed E-state index contributed by atoms with van der Waals surface area (Å²) in [5, 5.41) is 13.9. The van der Waals surface area contributed by atoms with Crippen LogP contribution in [0, 0.1) is 15.5 Å². The zero-order valence-corrected chi connectivity index (χ0v) is 14.0. The molecule has 1 fully saturated rings. The minimum absolute atomic E-state index is 0. The molecule has 23 heavy (non-hydrogen) atoms. The van der Waals surface area contributed by atoms with Gasteiger partial charge in [0, 0.05) is 32.1 Å². The number of para-hydroxylation sites is 2. The lowest BCUT2D eigenvalue weighted by atomic mass is 9.90. The molecule has 0 aromatic heterocycles. The summed E-state index contributed by atoms with van der Waals surface area (Å²) in [6.07, 6.45) is 1.24. The molecule has 1 unspecified atom stereocenters. The lowest BCUT2D eigenvalue weighted by Crippen LogP contribution is -2.35. The number of carbonyl (C=O) groups is 1. The molecule has 0 bridgehead atoms. The summed E-state index contributed by atoms with van der Waals surface area (Å²) >= 11 is 0. The Morgan fingerprint density at radius 2 is 2.17 bits per heavy atom. The minimum atomic E-state index is -0.433. The SMILES string of the molecule is CC1(CN)CCN(C(=O)CCNc2ccccc2[N+](=O)[O-])C1.Cl. The lowest BCUT2D eigenvalue weighted by Gasteiger charge is -2.22. The number of likely N-dealkylation sites (tertiary alicyclic amines) is 1. The Balaban J connectivity index is 0.00000264. The first kappa shape index (κ1) is 19.2. The van der Waals surface area contributed by atoms with E-state index >= 15 is 0 Å². The molecule has 1 heterocycles. The van der Waals surface area contributed by atoms with Crippen LogP contribution < -0.4 is 11.1 Å². The predicted octanol–water partition coefficient (Wildman–Crippen LogP) is 2.02. The van der Waals surface area contributed by atoms with E-state index in [1.54, 1.807) is 18.2 Å². The van der Waals surface area contributed by atoms with Crippen molar-refractivity contribution in [2.45, 2.75) is 19.8 Å². The van der Waals surface area contributed by atoms with Gasteiger partial charge < -0.3 is 16.0 Å². The Labute approximate surface area is 141 Å². The van der Waals surface area contributed by atoms with Gasteiger partial charge in [0.05, 0.1) is 4.92 Å². The normalized spacial score (nSPS) is 20.0. The van der Waals surface area contributed by atoms with Gasteiger partial charge in [0.15, 0.2) is 0 Å². The van der Waals surface area contributed by atoms with Crippen LogP contribution in [0.4, 0.5) is 11.4 Å². The summed E-state index contributed by atoms with van der Waals surface area (Å²) in [6, 6.07) is 6.43. The van der Waals surface area contributed by atoms with Crippen LogP contribution in [-0.4, -0.2) is 41.9 Å². The van der Waals surface area contributed by atoms with Gasteiger partial charge in [-0.05, 0) is 24.4 Å². The second-order valence-corrected chi connectivity index (χ2v) is 6.03. The van der Waals surface area contributed by atoms with E-state index in [0.29, 0.717) is 31.7 Å². The highest BCUT2D eigenvalue weighted by Gasteiger charge is 2.34. The number of halogens is 1. The van der Waals surface area contributed by atoms with Crippen molar-refractivity contribution in [3.63, 3.8) is 0 Å². The van der Waals surface area contributed by atoms with Crippen molar-refractivity contribution < 1.29 is 9.72 Å². The van der Waals surface area contributed by atoms with Crippen molar-refractivity contribution in [2.75, 3.05) is 31.5 Å². The van der Waals surface area contributed by atoms with Crippen LogP contribution in [-0.2, 0) is 4.79 Å². The molecule has 7 nitrogen and oxygen atoms in total. The van der Waals surface area contributed by atoms with E-state index in [2.05, 4.69) is 12.2 Å². The quantitative estimate of drug-likeness (QED) is 0.608. The van der Waals surface area contributed by atoms with Crippen LogP contribution >= 0.6 is 12.4 Å². The van der Waals surface area contributed by atoms with Crippen molar-refractivity contribution in [2.24, 2.45) is 11.1 Å². The topological polar surface area (TPSA) is 102 Å². The molecule has 3 N–H and O–H groups in total. The van der Waals surface area contributed by atoms with Crippen molar-refractivity contribution >= 4 is 29.7 Å². The number of rotatable bonds is 6. The molecule has 8 heteroatoms. The first-order chi connectivity index (χ1) is 10.4. The van der Waals surface area contributed by atoms with Crippen molar-refractivity contribution in [1.82, 2.24) is 4.90 Å². The summed E-state index contributed by atoms with van der Waals surface area (Å²) in [5.74, 6) is 0.0586. The maximum atomic E-state index is 12.2. The molecule has 1 aliphatic heterocycles. The Bertz CT molecular complexity index is 569. The fourth-order valence-corrected chi connectivity index (χ4v) is 2.65. The second kappa shape index (κ2) is 8.12. The summed E-state index contributed by atoms with van der Waals surface area (Å²) < 4.78 is 0. The molecule has 1 atom stereocenters. The van der Waals surface area contributed by atoms with Gasteiger partial charge in [0.1, 0.15) is 5.69 Å². The standard InChI is InChI=1S/C15H22N4O3.ClH/c1-15(10-16)7-9-18(11-15)14(20)6-8-17-12-4-2-3-5-13(12)19(21)22;/h2-5,17H,6-11,16H2,1H3;1H. The lowest BCUT2D eigenvalue weighted by molar-refractivity contribution is -0.384. The van der Waals surface area contributed by atoms with Crippen LogP contribution in [0.5, 0.6) is 0 Å². The van der Waals surface area contributed by atoms with Gasteiger partial charge >= 0.3 is 0 Å². The molecule has 1 aromatic rings. The number of benzene rings is 1. The number of nitro benzene ring substituents is 1. The number of amides is 1. The van der Waals surface area contributed by atoms with Crippen molar-refractivity contribution in [1.29, 1.82) is 0 Å². The fourth-order valence-electron chi connectivity index (χ4n) is 2.65. The number of nitro groups is 1. The molecule has 0 radical (unpaired) electrons. The third-order valence-corrected chi connectivity index (χ3v) is 4.16. The van der Waals surface area contributed by atoms with E-state index in [1.165, 1.54) is 6.07 Å². The van der Waals surface area contributed by atoms with E-state index in [4.69, 9.17) is 5.73 Å². The summed E-state index contributed by atoms with van der Waals surface area (Å²) in [7, 11) is 0. The van der Waals surface area contributed by atoms with Crippen LogP contribution in [0.1, 0.15) is 19.8 Å². The largest absolute Gasteiger partial charge is 0.379 e. The highest BCUT2D eigenvalue weighted by Crippen LogP contribution is 2.29. The average molecular weight is 343 g/mol. The molecule has 2 rings (SSSR count). The van der Waals surface area contributed by atoms with E-state index in [-0.39, 0.29) is 29.4 Å². The van der Waals surface area contributed by atoms with Gasteiger partial charge in [-0.3, -0.25) is 14.9 Å². The zero-order chi connectivity index (χ0) is 16.2. The minimum Gasteiger partial charge on any atom is -0.379 e. The molecule has 1 aliphatic rings. The number of nitrogens with zero attached hydrogens (tertiary/aromatic N) is 2. The smallest absolute Gasteiger partial charge is 0.292 e. The number of nitrogens with two attached hydrogens (primary N) is 1. The van der Waals surface area contributed by atoms with E-state index in [0.717, 1.165) is 13.0 Å². The van der Waals surface area contributed by atoms with Crippen LogP contribution in [0.3, 0.4) is 0 Å². The Kier molecular flexibility index (Phi) is 6.78. The summed E-state index contributed by atoms with van der Waals surface area (Å²) in [5.41, 5.74) is 6.21. The molecule has 1 aromatic carbocycles. The Morgan fingerprint density at radius 3 is 2.78 bits per heavy atom. The summed E-state index contributed by atoms with van der Waals surface area (Å²) in [6.45, 7) is 4.46. The first-order valence-corrected chi connectivity index (χ1v) is 7.40. The van der Waals surface area contributed by atoms with Crippen LogP contribution in [0.25, 0.3) is 0 Å². The Hall–Kier alpha value is -1.86. The number of hydrogen-bond acceptors (Lipinski definition) is 5. The molecule has 1 saturated heterocycles. The number of carbonyl (C=O) groups excluding carboxylic acids is 1. The van der Waals surface area contributed by atoms with E-state index in [9.17, 15) is 14.9 Å². The highest BCUT2D eigenvalue weighted by molar-refractivity contribution is 5.85. The van der Waals surface area contributed by atoms with Gasteiger partial charge in [0.25, 0.3) is 5.69 Å².